The van der Waals surface area contributed by atoms with Gasteiger partial charge in [0.1, 0.15) is 17.4 Å². The fraction of sp³-hybridized carbons (Fsp3) is 0.185. The largest absolute Gasteiger partial charge is 0.374 e. The maximum Gasteiger partial charge on any atom is 0.159 e. The second kappa shape index (κ2) is 9.18. The first-order valence-electron chi connectivity index (χ1n) is 11.8. The molecule has 0 saturated carbocycles. The van der Waals surface area contributed by atoms with Crippen LogP contribution in [-0.4, -0.2) is 41.5 Å². The number of aliphatic hydroxyl groups excluding tert-OH is 1. The number of hydrogen-bond acceptors (Lipinski definition) is 7. The molecule has 1 atom stereocenters. The lowest BCUT2D eigenvalue weighted by atomic mass is 10.0. The van der Waals surface area contributed by atoms with Crippen LogP contribution in [0.3, 0.4) is 0 Å². The molecule has 1 unspecified atom stereocenters. The van der Waals surface area contributed by atoms with E-state index in [1.165, 1.54) is 0 Å². The zero-order chi connectivity index (χ0) is 24.6. The Bertz CT molecular complexity index is 1650. The van der Waals surface area contributed by atoms with Gasteiger partial charge in [-0.2, -0.15) is 16.4 Å². The second-order valence-electron chi connectivity index (χ2n) is 9.24. The van der Waals surface area contributed by atoms with E-state index in [0.717, 1.165) is 55.7 Å². The summed E-state index contributed by atoms with van der Waals surface area (Å²) < 4.78 is 0. The van der Waals surface area contributed by atoms with E-state index in [0.29, 0.717) is 18.2 Å². The Morgan fingerprint density at radius 1 is 1.00 bits per heavy atom. The van der Waals surface area contributed by atoms with Crippen molar-refractivity contribution in [3.8, 4) is 33.9 Å². The molecular formula is C27H25N7OS. The number of fused-ring (bicyclic) bond motifs is 2. The average molecular weight is 496 g/mol. The molecule has 0 saturated heterocycles. The zero-order valence-electron chi connectivity index (χ0n) is 19.9. The normalized spacial score (nSPS) is 12.6. The highest BCUT2D eigenvalue weighted by atomic mass is 32.1. The molecule has 0 amide bonds. The molecule has 6 aromatic rings. The van der Waals surface area contributed by atoms with Crippen molar-refractivity contribution >= 4 is 39.0 Å². The zero-order valence-corrected chi connectivity index (χ0v) is 20.7. The molecule has 0 fully saturated rings. The predicted octanol–water partition coefficient (Wildman–Crippen LogP) is 6.07. The molecule has 36 heavy (non-hydrogen) atoms. The van der Waals surface area contributed by atoms with Gasteiger partial charge in [0.05, 0.1) is 28.6 Å². The number of thiophene rings is 1. The van der Waals surface area contributed by atoms with Crippen molar-refractivity contribution in [1.82, 2.24) is 30.1 Å². The Balaban J connectivity index is 1.37. The molecule has 0 radical (unpaired) electrons. The molecule has 0 aliphatic carbocycles. The predicted molar refractivity (Wildman–Crippen MR) is 145 cm³/mol. The fourth-order valence-corrected chi connectivity index (χ4v) is 5.05. The van der Waals surface area contributed by atoms with Gasteiger partial charge < -0.3 is 15.4 Å². The summed E-state index contributed by atoms with van der Waals surface area (Å²) in [5.41, 5.74) is 8.02. The lowest BCUT2D eigenvalue weighted by Gasteiger charge is -2.16. The summed E-state index contributed by atoms with van der Waals surface area (Å²) >= 11 is 1.64. The van der Waals surface area contributed by atoms with Crippen LogP contribution in [0.1, 0.15) is 20.3 Å². The highest BCUT2D eigenvalue weighted by Gasteiger charge is 2.17. The molecule has 9 heteroatoms. The van der Waals surface area contributed by atoms with Crippen LogP contribution in [0.5, 0.6) is 0 Å². The number of rotatable bonds is 7. The first-order chi connectivity index (χ1) is 17.5. The number of nitrogens with one attached hydrogen (secondary N) is 3. The van der Waals surface area contributed by atoms with Crippen LogP contribution in [0.15, 0.2) is 65.7 Å². The Hall–Kier alpha value is -4.08. The molecule has 0 aliphatic rings. The van der Waals surface area contributed by atoms with E-state index in [2.05, 4.69) is 61.8 Å². The van der Waals surface area contributed by atoms with Gasteiger partial charge in [-0.05, 0) is 53.6 Å². The summed E-state index contributed by atoms with van der Waals surface area (Å²) in [5.74, 6) is 1.07. The third kappa shape index (κ3) is 4.23. The SMILES string of the molecule is CC(C)CC(O)Nc1cncc(-c2ccc3[nH]nc(-c4nc5c(-c6ccsc6)nccc5[nH]4)c3c2)c1. The quantitative estimate of drug-likeness (QED) is 0.200. The monoisotopic (exact) mass is 495 g/mol. The minimum atomic E-state index is -0.619. The summed E-state index contributed by atoms with van der Waals surface area (Å²) in [6, 6.07) is 12.1. The summed E-state index contributed by atoms with van der Waals surface area (Å²) in [6.45, 7) is 4.16. The van der Waals surface area contributed by atoms with Crippen LogP contribution in [0.25, 0.3) is 55.8 Å². The van der Waals surface area contributed by atoms with Crippen molar-refractivity contribution in [3.05, 3.63) is 65.7 Å². The average Bonchev–Trinajstić information content (AvgIpc) is 3.62. The maximum absolute atomic E-state index is 10.3. The minimum Gasteiger partial charge on any atom is -0.374 e. The smallest absolute Gasteiger partial charge is 0.159 e. The van der Waals surface area contributed by atoms with E-state index >= 15 is 0 Å². The number of aromatic amines is 2. The van der Waals surface area contributed by atoms with E-state index in [4.69, 9.17) is 4.98 Å². The third-order valence-corrected chi connectivity index (χ3v) is 6.77. The van der Waals surface area contributed by atoms with Crippen LogP contribution >= 0.6 is 11.3 Å². The second-order valence-corrected chi connectivity index (χ2v) is 10.0. The van der Waals surface area contributed by atoms with Crippen LogP contribution in [0.2, 0.25) is 0 Å². The Morgan fingerprint density at radius 2 is 1.92 bits per heavy atom. The van der Waals surface area contributed by atoms with Crippen LogP contribution < -0.4 is 5.32 Å². The molecule has 6 rings (SSSR count). The lowest BCUT2D eigenvalue weighted by Crippen LogP contribution is -2.20. The number of imidazole rings is 1. The van der Waals surface area contributed by atoms with Crippen LogP contribution in [-0.2, 0) is 0 Å². The molecule has 1 aromatic carbocycles. The van der Waals surface area contributed by atoms with Gasteiger partial charge in [-0.3, -0.25) is 15.1 Å². The molecule has 0 aliphatic heterocycles. The standard InChI is InChI=1S/C27H25N7OS/c1-15(2)9-23(35)30-19-10-18(12-28-13-19)16-3-4-21-20(11-16)25(34-33-21)27-31-22-5-7-29-24(26(22)32-27)17-6-8-36-14-17/h3-8,10-15,23,30,35H,9H2,1-2H3,(H,31,32)(H,33,34). The van der Waals surface area contributed by atoms with Gasteiger partial charge in [-0.25, -0.2) is 4.98 Å². The topological polar surface area (TPSA) is 115 Å². The van der Waals surface area contributed by atoms with Crippen molar-refractivity contribution in [1.29, 1.82) is 0 Å². The number of aromatic nitrogens is 6. The van der Waals surface area contributed by atoms with E-state index in [-0.39, 0.29) is 0 Å². The van der Waals surface area contributed by atoms with Crippen LogP contribution in [0, 0.1) is 5.92 Å². The number of nitrogens with zero attached hydrogens (tertiary/aromatic N) is 4. The van der Waals surface area contributed by atoms with Gasteiger partial charge in [0.2, 0.25) is 0 Å². The number of aliphatic hydroxyl groups is 1. The van der Waals surface area contributed by atoms with Gasteiger partial charge in [0.25, 0.3) is 0 Å². The Morgan fingerprint density at radius 3 is 2.75 bits per heavy atom. The van der Waals surface area contributed by atoms with Gasteiger partial charge in [0, 0.05) is 34.3 Å². The van der Waals surface area contributed by atoms with E-state index in [1.54, 1.807) is 23.7 Å². The van der Waals surface area contributed by atoms with E-state index in [9.17, 15) is 5.11 Å². The molecule has 180 valence electrons. The van der Waals surface area contributed by atoms with Crippen LogP contribution in [0.4, 0.5) is 5.69 Å². The van der Waals surface area contributed by atoms with E-state index < -0.39 is 6.23 Å². The highest BCUT2D eigenvalue weighted by molar-refractivity contribution is 7.08. The first kappa shape index (κ1) is 22.4. The summed E-state index contributed by atoms with van der Waals surface area (Å²) in [4.78, 5) is 17.3. The molecule has 5 heterocycles. The van der Waals surface area contributed by atoms with Crippen molar-refractivity contribution in [2.75, 3.05) is 5.32 Å². The summed E-state index contributed by atoms with van der Waals surface area (Å²) in [6.07, 6.45) is 5.38. The number of benzene rings is 1. The van der Waals surface area contributed by atoms with Crippen molar-refractivity contribution < 1.29 is 5.11 Å². The highest BCUT2D eigenvalue weighted by Crippen LogP contribution is 2.33. The molecule has 0 spiro atoms. The first-order valence-corrected chi connectivity index (χ1v) is 12.8. The Kier molecular flexibility index (Phi) is 5.71. The third-order valence-electron chi connectivity index (χ3n) is 6.08. The number of pyridine rings is 2. The van der Waals surface area contributed by atoms with Crippen molar-refractivity contribution in [2.24, 2.45) is 5.92 Å². The van der Waals surface area contributed by atoms with Crippen molar-refractivity contribution in [3.63, 3.8) is 0 Å². The van der Waals surface area contributed by atoms with Gasteiger partial charge in [-0.15, -0.1) is 0 Å². The lowest BCUT2D eigenvalue weighted by molar-refractivity contribution is 0.176. The molecular weight excluding hydrogens is 470 g/mol. The van der Waals surface area contributed by atoms with Gasteiger partial charge in [0.15, 0.2) is 5.82 Å². The molecule has 0 bridgehead atoms. The van der Waals surface area contributed by atoms with Crippen molar-refractivity contribution in [2.45, 2.75) is 26.5 Å². The molecule has 4 N–H and O–H groups in total. The molecule has 8 nitrogen and oxygen atoms in total. The fourth-order valence-electron chi connectivity index (χ4n) is 4.41. The molecule has 5 aromatic heterocycles. The summed E-state index contributed by atoms with van der Waals surface area (Å²) in [7, 11) is 0. The number of H-pyrrole nitrogens is 2. The number of anilines is 1. The van der Waals surface area contributed by atoms with E-state index in [1.807, 2.05) is 35.8 Å². The summed E-state index contributed by atoms with van der Waals surface area (Å²) in [5, 5.41) is 26.2. The minimum absolute atomic E-state index is 0.390. The maximum atomic E-state index is 10.3. The van der Waals surface area contributed by atoms with Gasteiger partial charge >= 0.3 is 0 Å². The number of hydrogen-bond donors (Lipinski definition) is 4. The van der Waals surface area contributed by atoms with Gasteiger partial charge in [-0.1, -0.05) is 19.9 Å². The Labute approximate surface area is 211 Å².